The molecule has 8 bridgehead atoms. The first-order valence-corrected chi connectivity index (χ1v) is 17.3. The molecule has 0 aliphatic carbocycles. The van der Waals surface area contributed by atoms with Crippen molar-refractivity contribution < 1.29 is 21.0 Å². The average molecular weight is 733 g/mol. The zero-order chi connectivity index (χ0) is 36.0. The Kier molecular flexibility index (Phi) is 11.2. The van der Waals surface area contributed by atoms with Crippen LogP contribution in [0, 0.1) is 0 Å². The van der Waals surface area contributed by atoms with E-state index in [2.05, 4.69) is 5.32 Å². The number of nitrogens with one attached hydrogen (secondary N) is 1. The van der Waals surface area contributed by atoms with Crippen LogP contribution in [-0.4, -0.2) is 37.0 Å². The fraction of sp³-hybridized carbons (Fsp3) is 0.0952. The van der Waals surface area contributed by atoms with Crippen LogP contribution in [0.5, 0.6) is 0 Å². The Hall–Kier alpha value is -6.36. The molecule has 10 rings (SSSR count). The fourth-order valence-electron chi connectivity index (χ4n) is 6.06. The number of para-hydroxylation sites is 1. The van der Waals surface area contributed by atoms with Gasteiger partial charge in [0.05, 0.1) is 23.3 Å². The summed E-state index contributed by atoms with van der Waals surface area (Å²) in [5, 5.41) is 6.60. The van der Waals surface area contributed by atoms with E-state index in [1.54, 1.807) is 0 Å². The molecular weight excluding hydrogens is 697 g/mol. The van der Waals surface area contributed by atoms with Crippen LogP contribution in [0.2, 0.25) is 0 Å². The van der Waals surface area contributed by atoms with Crippen LogP contribution in [0.1, 0.15) is 21.3 Å². The molecule has 0 unspecified atom stereocenters. The van der Waals surface area contributed by atoms with E-state index in [0.717, 1.165) is 66.9 Å². The molecule has 0 saturated carbocycles. The third-order valence-corrected chi connectivity index (χ3v) is 8.39. The van der Waals surface area contributed by atoms with E-state index in [9.17, 15) is 0 Å². The Morgan fingerprint density at radius 1 is 0.415 bits per heavy atom. The second-order valence-corrected chi connectivity index (χ2v) is 11.3. The summed E-state index contributed by atoms with van der Waals surface area (Å²) in [4.78, 5) is 39.3. The molecule has 3 aromatic heterocycles. The number of benzene rings is 5. The molecule has 2 aliphatic heterocycles. The van der Waals surface area contributed by atoms with Crippen molar-refractivity contribution in [2.75, 3.05) is 12.4 Å². The number of nitrogens with zero attached hydrogens (tertiary/aromatic N) is 8. The molecule has 11 heteroatoms. The van der Waals surface area contributed by atoms with E-state index in [-0.39, 0.29) is 7.43 Å². The largest absolute Gasteiger partial charge is 0.357 e. The van der Waals surface area contributed by atoms with Crippen LogP contribution in [0.25, 0.3) is 89.7 Å². The van der Waals surface area contributed by atoms with Crippen LogP contribution >= 0.6 is 0 Å². The monoisotopic (exact) mass is 732 g/mol. The normalized spacial score (nSPS) is 10.6. The van der Waals surface area contributed by atoms with Gasteiger partial charge in [-0.05, 0) is 33.7 Å². The second kappa shape index (κ2) is 16.3. The minimum Gasteiger partial charge on any atom is -0.357 e. The van der Waals surface area contributed by atoms with Crippen molar-refractivity contribution in [3.05, 3.63) is 127 Å². The van der Waals surface area contributed by atoms with E-state index in [4.69, 9.17) is 43.5 Å². The standard InChI is InChI=1S/C32H16N8.C7H9N.C2H6.CH4.O.V/c1-2-10-18-17(9-1)25-33-26(18)38-28-21-13-5-6-14-22(21)30(35-28)40-32-24-16-8-7-15-23(24)31(36-32)39-29-20-12-4-3-11-19(20)27(34-29)37-25;1-8-7-5-3-2-4-6-7;1-2;;;/h1-16H;2-6,8H,1H3;1-2H3;1H4;;/q-2;;;;;+2. The van der Waals surface area contributed by atoms with Gasteiger partial charge >= 0.3 is 21.0 Å². The third kappa shape index (κ3) is 6.98. The first-order valence-electron chi connectivity index (χ1n) is 16.7. The zero-order valence-corrected chi connectivity index (χ0v) is 30.0. The van der Waals surface area contributed by atoms with Crippen LogP contribution in [0.4, 0.5) is 5.69 Å². The molecule has 259 valence electrons. The van der Waals surface area contributed by atoms with Gasteiger partial charge in [-0.3, -0.25) is 0 Å². The fourth-order valence-corrected chi connectivity index (χ4v) is 6.06. The molecule has 5 heterocycles. The molecule has 53 heavy (non-hydrogen) atoms. The summed E-state index contributed by atoms with van der Waals surface area (Å²) in [5.74, 6) is 2.21. The van der Waals surface area contributed by atoms with Gasteiger partial charge in [0.2, 0.25) is 0 Å². The Balaban J connectivity index is 0.000000324. The Bertz CT molecular complexity index is 2390. The molecule has 0 atom stereocenters. The number of hydrogen-bond donors (Lipinski definition) is 1. The summed E-state index contributed by atoms with van der Waals surface area (Å²) in [6, 6.07) is 41.9. The van der Waals surface area contributed by atoms with E-state index < -0.39 is 0 Å². The van der Waals surface area contributed by atoms with Gasteiger partial charge in [0.15, 0.2) is 0 Å². The van der Waals surface area contributed by atoms with Gasteiger partial charge in [-0.2, -0.15) is 0 Å². The van der Waals surface area contributed by atoms with Gasteiger partial charge in [-0.25, -0.2) is 9.97 Å². The zero-order valence-electron chi connectivity index (χ0n) is 28.6. The summed E-state index contributed by atoms with van der Waals surface area (Å²) in [5.41, 5.74) is 6.94. The number of hydrogen-bond acceptors (Lipinski definition) is 8. The first-order chi connectivity index (χ1) is 25.7. The number of fused-ring (bicyclic) bond motifs is 20. The smallest absolute Gasteiger partial charge is 0.0927 e. The van der Waals surface area contributed by atoms with E-state index >= 15 is 0 Å². The quantitative estimate of drug-likeness (QED) is 0.174. The maximum atomic E-state index is 8.19. The molecule has 0 fully saturated rings. The van der Waals surface area contributed by atoms with Crippen LogP contribution in [0.3, 0.4) is 0 Å². The first kappa shape index (κ1) is 36.4. The van der Waals surface area contributed by atoms with E-state index in [1.807, 2.05) is 148 Å². The number of rotatable bonds is 1. The van der Waals surface area contributed by atoms with Crippen molar-refractivity contribution in [3.8, 4) is 45.6 Å². The summed E-state index contributed by atoms with van der Waals surface area (Å²) in [7, 11) is 1.91. The van der Waals surface area contributed by atoms with Crippen molar-refractivity contribution in [1.29, 1.82) is 0 Å². The molecule has 1 N–H and O–H groups in total. The van der Waals surface area contributed by atoms with Gasteiger partial charge in [0.25, 0.3) is 0 Å². The Morgan fingerprint density at radius 3 is 0.943 bits per heavy atom. The second-order valence-electron chi connectivity index (χ2n) is 11.3. The van der Waals surface area contributed by atoms with Crippen LogP contribution in [0.15, 0.2) is 127 Å². The predicted octanol–water partition coefficient (Wildman–Crippen LogP) is 9.40. The Morgan fingerprint density at radius 2 is 0.679 bits per heavy atom. The predicted molar refractivity (Wildman–Crippen MR) is 209 cm³/mol. The average Bonchev–Trinajstić information content (AvgIpc) is 3.96. The molecule has 10 nitrogen and oxygen atoms in total. The van der Waals surface area contributed by atoms with Gasteiger partial charge in [-0.15, -0.1) is 0 Å². The molecule has 0 saturated heterocycles. The molecule has 0 radical (unpaired) electrons. The molecule has 0 amide bonds. The molecule has 5 aromatic carbocycles. The summed E-state index contributed by atoms with van der Waals surface area (Å²) in [6.45, 7) is 4.00. The number of aromatic nitrogens is 8. The van der Waals surface area contributed by atoms with E-state index in [1.165, 1.54) is 0 Å². The third-order valence-electron chi connectivity index (χ3n) is 8.39. The van der Waals surface area contributed by atoms with Gasteiger partial charge in [0, 0.05) is 57.6 Å². The van der Waals surface area contributed by atoms with Crippen LogP contribution in [-0.2, 0) is 21.0 Å². The summed E-state index contributed by atoms with van der Waals surface area (Å²) in [6.07, 6.45) is 0. The maximum Gasteiger partial charge on any atom is 0.0927 e. The minimum atomic E-state index is 0. The van der Waals surface area contributed by atoms with Gasteiger partial charge in [-0.1, -0.05) is 137 Å². The topological polar surface area (TPSA) is 135 Å². The molecule has 0 spiro atoms. The van der Waals surface area contributed by atoms with Crippen molar-refractivity contribution in [3.63, 3.8) is 0 Å². The van der Waals surface area contributed by atoms with Crippen molar-refractivity contribution in [2.24, 2.45) is 0 Å². The van der Waals surface area contributed by atoms with Crippen molar-refractivity contribution in [2.45, 2.75) is 21.3 Å². The Labute approximate surface area is 316 Å². The molecule has 2 aliphatic rings. The summed E-state index contributed by atoms with van der Waals surface area (Å²) >= 11 is 1.06. The van der Waals surface area contributed by atoms with E-state index in [0.29, 0.717) is 45.9 Å². The maximum absolute atomic E-state index is 8.19. The number of anilines is 1. The van der Waals surface area contributed by atoms with Gasteiger partial charge in [0.1, 0.15) is 0 Å². The molecular formula is C42H35N9OV. The SMILES string of the molecule is C.CC.CNc1ccccc1.[O]=[V+2].c1ccc2c(c1)-c1nc-2nc2[n-]c(nc3nc(nc4[n-]c(n1)c1ccccc41)-c1ccccc1-3)c1ccccc21. The van der Waals surface area contributed by atoms with Crippen LogP contribution < -0.4 is 15.3 Å². The van der Waals surface area contributed by atoms with Crippen molar-refractivity contribution in [1.82, 2.24) is 39.9 Å². The van der Waals surface area contributed by atoms with Gasteiger partial charge < -0.3 is 35.2 Å². The minimum absolute atomic E-state index is 0. The van der Waals surface area contributed by atoms with Crippen molar-refractivity contribution >= 4 is 49.8 Å². The molecule has 8 aromatic rings. The summed E-state index contributed by atoms with van der Waals surface area (Å²) < 4.78 is 8.19.